The highest BCUT2D eigenvalue weighted by molar-refractivity contribution is 7.15. The van der Waals surface area contributed by atoms with Gasteiger partial charge in [0.15, 0.2) is 0 Å². The Hall–Kier alpha value is -2.39. The Morgan fingerprint density at radius 1 is 1.10 bits per heavy atom. The Morgan fingerprint density at radius 3 is 2.86 bits per heavy atom. The molecule has 0 spiro atoms. The molecule has 4 aromatic rings. The van der Waals surface area contributed by atoms with E-state index in [0.717, 1.165) is 26.3 Å². The molecule has 0 saturated heterocycles. The lowest BCUT2D eigenvalue weighted by atomic mass is 10.2. The van der Waals surface area contributed by atoms with Crippen molar-refractivity contribution in [2.75, 3.05) is 5.73 Å². The van der Waals surface area contributed by atoms with Crippen molar-refractivity contribution in [1.29, 1.82) is 0 Å². The van der Waals surface area contributed by atoms with Crippen molar-refractivity contribution in [3.05, 3.63) is 34.1 Å². The van der Waals surface area contributed by atoms with Crippen molar-refractivity contribution in [3.8, 4) is 0 Å². The topological polar surface area (TPSA) is 106 Å². The van der Waals surface area contributed by atoms with Gasteiger partial charge in [0.25, 0.3) is 0 Å². The van der Waals surface area contributed by atoms with Crippen molar-refractivity contribution < 1.29 is 0 Å². The van der Waals surface area contributed by atoms with Crippen molar-refractivity contribution in [1.82, 2.24) is 25.4 Å². The van der Waals surface area contributed by atoms with E-state index in [0.29, 0.717) is 16.5 Å². The molecule has 3 N–H and O–H groups in total. The molecule has 0 bridgehead atoms. The second-order valence-electron chi connectivity index (χ2n) is 4.28. The van der Waals surface area contributed by atoms with Gasteiger partial charge < -0.3 is 10.7 Å². The molecule has 1 aromatic carbocycles. The summed E-state index contributed by atoms with van der Waals surface area (Å²) in [5, 5.41) is 18.4. The summed E-state index contributed by atoms with van der Waals surface area (Å²) in [6.45, 7) is 0.409. The zero-order valence-corrected chi connectivity index (χ0v) is 12.3. The molecule has 7 nitrogen and oxygen atoms in total. The molecule has 0 saturated carbocycles. The number of rotatable bonds is 2. The Morgan fingerprint density at radius 2 is 2.00 bits per heavy atom. The van der Waals surface area contributed by atoms with Gasteiger partial charge >= 0.3 is 0 Å². The zero-order valence-electron chi connectivity index (χ0n) is 10.6. The summed E-state index contributed by atoms with van der Waals surface area (Å²) in [4.78, 5) is 9.28. The van der Waals surface area contributed by atoms with E-state index in [4.69, 9.17) is 5.73 Å². The second-order valence-corrected chi connectivity index (χ2v) is 6.35. The molecule has 0 aliphatic heterocycles. The lowest BCUT2D eigenvalue weighted by molar-refractivity contribution is 0.905. The van der Waals surface area contributed by atoms with E-state index in [1.165, 1.54) is 22.7 Å². The van der Waals surface area contributed by atoms with Crippen LogP contribution in [0.4, 0.5) is 5.13 Å². The van der Waals surface area contributed by atoms with E-state index in [2.05, 4.69) is 30.4 Å². The standard InChI is InChI=1S/C12H9N7S2/c13-11-18-16-8(20-11)5-14-12-19-17-9-6-3-1-2-4-7(6)15-10(9)21-12/h1-4,15H,5H2,(H2,13,18). The number of hydrogen-bond acceptors (Lipinski definition) is 8. The van der Waals surface area contributed by atoms with Crippen LogP contribution in [0.15, 0.2) is 29.3 Å². The van der Waals surface area contributed by atoms with Crippen LogP contribution in [0.25, 0.3) is 21.3 Å². The number of anilines is 1. The summed E-state index contributed by atoms with van der Waals surface area (Å²) in [5.74, 6) is 0. The van der Waals surface area contributed by atoms with Crippen LogP contribution >= 0.6 is 22.7 Å². The van der Waals surface area contributed by atoms with Gasteiger partial charge in [-0.3, -0.25) is 0 Å². The number of hydrogen-bond donors (Lipinski definition) is 2. The number of nitrogens with one attached hydrogen (secondary N) is 1. The number of H-pyrrole nitrogens is 1. The first kappa shape index (κ1) is 12.4. The van der Waals surface area contributed by atoms with Crippen LogP contribution in [0.3, 0.4) is 0 Å². The maximum Gasteiger partial charge on any atom is 0.227 e. The molecule has 3 aromatic heterocycles. The van der Waals surface area contributed by atoms with Crippen molar-refractivity contribution >= 4 is 49.1 Å². The monoisotopic (exact) mass is 315 g/mol. The van der Waals surface area contributed by atoms with Crippen LogP contribution in [-0.2, 0) is 6.54 Å². The van der Waals surface area contributed by atoms with E-state index in [1.807, 2.05) is 24.3 Å². The van der Waals surface area contributed by atoms with Crippen LogP contribution in [-0.4, -0.2) is 25.4 Å². The molecular weight excluding hydrogens is 306 g/mol. The van der Waals surface area contributed by atoms with Gasteiger partial charge in [0.1, 0.15) is 15.4 Å². The summed E-state index contributed by atoms with van der Waals surface area (Å²) in [6, 6.07) is 8.02. The molecule has 21 heavy (non-hydrogen) atoms. The van der Waals surface area contributed by atoms with Gasteiger partial charge in [-0.25, -0.2) is 4.99 Å². The normalized spacial score (nSPS) is 12.5. The summed E-state index contributed by atoms with van der Waals surface area (Å²) in [7, 11) is 0. The molecule has 3 heterocycles. The lowest BCUT2D eigenvalue weighted by Crippen LogP contribution is -2.05. The quantitative estimate of drug-likeness (QED) is 0.585. The molecule has 0 unspecified atom stereocenters. The van der Waals surface area contributed by atoms with E-state index >= 15 is 0 Å². The first-order valence-corrected chi connectivity index (χ1v) is 7.75. The fourth-order valence-electron chi connectivity index (χ4n) is 2.01. The lowest BCUT2D eigenvalue weighted by Gasteiger charge is -1.89. The largest absolute Gasteiger partial charge is 0.374 e. The first-order valence-electron chi connectivity index (χ1n) is 6.12. The molecule has 0 amide bonds. The van der Waals surface area contributed by atoms with Gasteiger partial charge in [-0.15, -0.1) is 20.4 Å². The average molecular weight is 315 g/mol. The van der Waals surface area contributed by atoms with Crippen LogP contribution < -0.4 is 10.5 Å². The molecule has 0 fully saturated rings. The third-order valence-corrected chi connectivity index (χ3v) is 4.54. The summed E-state index contributed by atoms with van der Waals surface area (Å²) >= 11 is 2.79. The number of fused-ring (bicyclic) bond motifs is 3. The number of nitrogens with zero attached hydrogens (tertiary/aromatic N) is 5. The van der Waals surface area contributed by atoms with Gasteiger partial charge in [0.2, 0.25) is 9.93 Å². The van der Waals surface area contributed by atoms with E-state index in [9.17, 15) is 0 Å². The number of nitrogen functional groups attached to an aromatic ring is 1. The Bertz CT molecular complexity index is 997. The molecule has 104 valence electrons. The third-order valence-electron chi connectivity index (χ3n) is 2.91. The number of aromatic amines is 1. The Kier molecular flexibility index (Phi) is 2.86. The van der Waals surface area contributed by atoms with E-state index in [1.54, 1.807) is 0 Å². The van der Waals surface area contributed by atoms with E-state index < -0.39 is 0 Å². The highest BCUT2D eigenvalue weighted by atomic mass is 32.1. The SMILES string of the molecule is Nc1nnc(CN=c2nnc3c([nH]c4ccccc43)s2)s1. The van der Waals surface area contributed by atoms with Crippen LogP contribution in [0.1, 0.15) is 5.01 Å². The zero-order chi connectivity index (χ0) is 14.2. The molecule has 9 heteroatoms. The molecule has 4 rings (SSSR count). The number of aromatic nitrogens is 5. The molecule has 0 aliphatic rings. The van der Waals surface area contributed by atoms with Crippen molar-refractivity contribution in [3.63, 3.8) is 0 Å². The highest BCUT2D eigenvalue weighted by Gasteiger charge is 2.06. The number of para-hydroxylation sites is 1. The van der Waals surface area contributed by atoms with Crippen LogP contribution in [0.5, 0.6) is 0 Å². The predicted molar refractivity (Wildman–Crippen MR) is 82.9 cm³/mol. The molecule has 0 aliphatic carbocycles. The first-order chi connectivity index (χ1) is 10.3. The predicted octanol–water partition coefficient (Wildman–Crippen LogP) is 1.71. The van der Waals surface area contributed by atoms with Gasteiger partial charge in [0, 0.05) is 10.9 Å². The summed E-state index contributed by atoms with van der Waals surface area (Å²) < 4.78 is 0. The molecule has 0 radical (unpaired) electrons. The summed E-state index contributed by atoms with van der Waals surface area (Å²) in [5.41, 5.74) is 7.46. The van der Waals surface area contributed by atoms with Crippen LogP contribution in [0, 0.1) is 0 Å². The Labute approximate surface area is 126 Å². The second kappa shape index (κ2) is 4.86. The third kappa shape index (κ3) is 2.26. The number of benzene rings is 1. The maximum absolute atomic E-state index is 5.54. The van der Waals surface area contributed by atoms with Gasteiger partial charge in [-0.1, -0.05) is 40.9 Å². The van der Waals surface area contributed by atoms with Crippen molar-refractivity contribution in [2.45, 2.75) is 6.54 Å². The smallest absolute Gasteiger partial charge is 0.227 e. The fourth-order valence-corrected chi connectivity index (χ4v) is 3.35. The minimum Gasteiger partial charge on any atom is -0.374 e. The minimum absolute atomic E-state index is 0.409. The fraction of sp³-hybridized carbons (Fsp3) is 0.0833. The summed E-state index contributed by atoms with van der Waals surface area (Å²) in [6.07, 6.45) is 0. The maximum atomic E-state index is 5.54. The molecular formula is C12H9N7S2. The van der Waals surface area contributed by atoms with Gasteiger partial charge in [0.05, 0.1) is 6.54 Å². The van der Waals surface area contributed by atoms with Crippen molar-refractivity contribution in [2.24, 2.45) is 4.99 Å². The van der Waals surface area contributed by atoms with E-state index in [-0.39, 0.29) is 0 Å². The molecule has 0 atom stereocenters. The number of nitrogens with two attached hydrogens (primary N) is 1. The highest BCUT2D eigenvalue weighted by Crippen LogP contribution is 2.23. The average Bonchev–Trinajstić information content (AvgIpc) is 3.07. The van der Waals surface area contributed by atoms with Gasteiger partial charge in [-0.05, 0) is 6.07 Å². The van der Waals surface area contributed by atoms with Gasteiger partial charge in [-0.2, -0.15) is 0 Å². The van der Waals surface area contributed by atoms with Crippen LogP contribution in [0.2, 0.25) is 0 Å². The Balaban J connectivity index is 1.78. The minimum atomic E-state index is 0.409.